The lowest BCUT2D eigenvalue weighted by molar-refractivity contribution is 0.0467. The number of amides is 1. The average molecular weight is 354 g/mol. The van der Waals surface area contributed by atoms with Crippen LogP contribution in [0.4, 0.5) is 0 Å². The van der Waals surface area contributed by atoms with Gasteiger partial charge in [-0.1, -0.05) is 30.3 Å². The highest BCUT2D eigenvalue weighted by Crippen LogP contribution is 2.24. The molecule has 1 aliphatic heterocycles. The Hall–Kier alpha value is -2.40. The van der Waals surface area contributed by atoms with Gasteiger partial charge in [-0.15, -0.1) is 0 Å². The summed E-state index contributed by atoms with van der Waals surface area (Å²) < 4.78 is 1.57. The quantitative estimate of drug-likeness (QED) is 0.896. The van der Waals surface area contributed by atoms with E-state index >= 15 is 0 Å². The molecule has 2 heterocycles. The topological polar surface area (TPSA) is 62.5 Å². The van der Waals surface area contributed by atoms with Crippen molar-refractivity contribution in [2.75, 3.05) is 13.1 Å². The number of carbonyl (C=O) groups excluding carboxylic acids is 1. The minimum atomic E-state index is -0.386. The summed E-state index contributed by atoms with van der Waals surface area (Å²) in [6.07, 6.45) is 3.50. The first-order valence-electron chi connectivity index (χ1n) is 9.30. The van der Waals surface area contributed by atoms with E-state index < -0.39 is 0 Å². The van der Waals surface area contributed by atoms with Crippen molar-refractivity contribution in [1.29, 1.82) is 0 Å². The van der Waals surface area contributed by atoms with Crippen LogP contribution in [0.25, 0.3) is 0 Å². The van der Waals surface area contributed by atoms with E-state index in [-0.39, 0.29) is 23.5 Å². The summed E-state index contributed by atoms with van der Waals surface area (Å²) in [5, 5.41) is 10.5. The van der Waals surface area contributed by atoms with E-state index in [1.54, 1.807) is 21.7 Å². The highest BCUT2D eigenvalue weighted by Gasteiger charge is 2.28. The minimum absolute atomic E-state index is 0.0960. The zero-order chi connectivity index (χ0) is 18.5. The van der Waals surface area contributed by atoms with Crippen LogP contribution in [0.3, 0.4) is 0 Å². The van der Waals surface area contributed by atoms with E-state index in [4.69, 9.17) is 0 Å². The molecule has 0 saturated carbocycles. The highest BCUT2D eigenvalue weighted by molar-refractivity contribution is 5.94. The Morgan fingerprint density at radius 2 is 1.88 bits per heavy atom. The maximum absolute atomic E-state index is 12.6. The van der Waals surface area contributed by atoms with Gasteiger partial charge in [-0.2, -0.15) is 0 Å². The number of nitrogens with zero attached hydrogens (tertiary/aromatic N) is 2. The van der Waals surface area contributed by atoms with Crippen LogP contribution in [0.2, 0.25) is 0 Å². The van der Waals surface area contributed by atoms with Crippen molar-refractivity contribution in [2.24, 2.45) is 5.92 Å². The van der Waals surface area contributed by atoms with Gasteiger partial charge in [-0.05, 0) is 43.7 Å². The molecule has 1 fully saturated rings. The molecule has 2 aromatic rings. The van der Waals surface area contributed by atoms with Crippen molar-refractivity contribution >= 4 is 5.91 Å². The average Bonchev–Trinajstić information content (AvgIpc) is 2.68. The molecule has 1 aromatic carbocycles. The molecule has 5 nitrogen and oxygen atoms in total. The molecule has 1 saturated heterocycles. The Kier molecular flexibility index (Phi) is 5.89. The van der Waals surface area contributed by atoms with E-state index in [0.717, 1.165) is 18.4 Å². The van der Waals surface area contributed by atoms with Crippen molar-refractivity contribution in [3.05, 3.63) is 70.1 Å². The summed E-state index contributed by atoms with van der Waals surface area (Å²) in [6, 6.07) is 13.1. The minimum Gasteiger partial charge on any atom is -0.392 e. The van der Waals surface area contributed by atoms with Gasteiger partial charge in [0.2, 0.25) is 0 Å². The molecule has 0 aliphatic carbocycles. The fourth-order valence-corrected chi connectivity index (χ4v) is 3.59. The van der Waals surface area contributed by atoms with Gasteiger partial charge in [-0.25, -0.2) is 0 Å². The highest BCUT2D eigenvalue weighted by atomic mass is 16.3. The molecule has 1 atom stereocenters. The zero-order valence-corrected chi connectivity index (χ0v) is 15.2. The molecule has 0 spiro atoms. The summed E-state index contributed by atoms with van der Waals surface area (Å²) in [5.74, 6) is 0.105. The molecule has 1 N–H and O–H groups in total. The molecule has 0 bridgehead atoms. The molecule has 138 valence electrons. The summed E-state index contributed by atoms with van der Waals surface area (Å²) in [6.45, 7) is 3.73. The Labute approximate surface area is 153 Å². The number of hydrogen-bond acceptors (Lipinski definition) is 3. The second-order valence-corrected chi connectivity index (χ2v) is 6.93. The normalized spacial score (nSPS) is 16.5. The number of aromatic nitrogens is 1. The van der Waals surface area contributed by atoms with Crippen molar-refractivity contribution in [3.63, 3.8) is 0 Å². The predicted molar refractivity (Wildman–Crippen MR) is 101 cm³/mol. The van der Waals surface area contributed by atoms with Crippen LogP contribution in [0.1, 0.15) is 35.7 Å². The van der Waals surface area contributed by atoms with Crippen molar-refractivity contribution < 1.29 is 9.90 Å². The maximum atomic E-state index is 12.6. The van der Waals surface area contributed by atoms with Crippen LogP contribution < -0.4 is 5.56 Å². The first kappa shape index (κ1) is 18.4. The van der Waals surface area contributed by atoms with Crippen LogP contribution in [0.5, 0.6) is 0 Å². The van der Waals surface area contributed by atoms with Gasteiger partial charge in [-0.3, -0.25) is 9.59 Å². The zero-order valence-electron chi connectivity index (χ0n) is 15.2. The van der Waals surface area contributed by atoms with Crippen molar-refractivity contribution in [1.82, 2.24) is 9.47 Å². The predicted octanol–water partition coefficient (Wildman–Crippen LogP) is 2.32. The molecule has 26 heavy (non-hydrogen) atoms. The van der Waals surface area contributed by atoms with Crippen LogP contribution in [0, 0.1) is 5.92 Å². The molecule has 0 radical (unpaired) electrons. The fourth-order valence-electron chi connectivity index (χ4n) is 3.59. The van der Waals surface area contributed by atoms with Gasteiger partial charge in [0.15, 0.2) is 0 Å². The number of aliphatic hydroxyl groups excluding tert-OH is 1. The summed E-state index contributed by atoms with van der Waals surface area (Å²) in [7, 11) is 0. The number of aliphatic hydroxyl groups is 1. The number of pyridine rings is 1. The van der Waals surface area contributed by atoms with Crippen LogP contribution in [-0.2, 0) is 13.0 Å². The third-order valence-corrected chi connectivity index (χ3v) is 5.24. The SMILES string of the molecule is CCn1ccc(C(=O)N2CCC(C(O)Cc3ccccc3)CC2)cc1=O. The standard InChI is InChI=1S/C21H26N2O3/c1-2-22-11-10-18(15-20(22)25)21(26)23-12-8-17(9-13-23)19(24)14-16-6-4-3-5-7-16/h3-7,10-11,15,17,19,24H,2,8-9,12-14H2,1H3. The Balaban J connectivity index is 1.57. The number of rotatable bonds is 5. The summed E-state index contributed by atoms with van der Waals surface area (Å²) in [4.78, 5) is 26.4. The van der Waals surface area contributed by atoms with Gasteiger partial charge in [0.1, 0.15) is 0 Å². The summed E-state index contributed by atoms with van der Waals surface area (Å²) >= 11 is 0. The number of benzene rings is 1. The molecular formula is C21H26N2O3. The second kappa shape index (κ2) is 8.32. The third-order valence-electron chi connectivity index (χ3n) is 5.24. The first-order valence-corrected chi connectivity index (χ1v) is 9.30. The number of carbonyl (C=O) groups is 1. The molecule has 1 aromatic heterocycles. The number of hydrogen-bond donors (Lipinski definition) is 1. The van der Waals surface area contributed by atoms with E-state index in [1.165, 1.54) is 6.07 Å². The van der Waals surface area contributed by atoms with E-state index in [9.17, 15) is 14.7 Å². The fraction of sp³-hybridized carbons (Fsp3) is 0.429. The Morgan fingerprint density at radius 1 is 1.19 bits per heavy atom. The lowest BCUT2D eigenvalue weighted by atomic mass is 9.88. The third kappa shape index (κ3) is 4.22. The lowest BCUT2D eigenvalue weighted by Crippen LogP contribution is -2.42. The molecule has 1 unspecified atom stereocenters. The lowest BCUT2D eigenvalue weighted by Gasteiger charge is -2.34. The van der Waals surface area contributed by atoms with E-state index in [1.807, 2.05) is 37.3 Å². The molecular weight excluding hydrogens is 328 g/mol. The Morgan fingerprint density at radius 3 is 2.50 bits per heavy atom. The van der Waals surface area contributed by atoms with Crippen LogP contribution >= 0.6 is 0 Å². The van der Waals surface area contributed by atoms with Crippen molar-refractivity contribution in [3.8, 4) is 0 Å². The second-order valence-electron chi connectivity index (χ2n) is 6.93. The van der Waals surface area contributed by atoms with Gasteiger partial charge >= 0.3 is 0 Å². The van der Waals surface area contributed by atoms with Gasteiger partial charge < -0.3 is 14.6 Å². The van der Waals surface area contributed by atoms with Gasteiger partial charge in [0.25, 0.3) is 11.5 Å². The molecule has 3 rings (SSSR count). The smallest absolute Gasteiger partial charge is 0.254 e. The number of piperidine rings is 1. The van der Waals surface area contributed by atoms with E-state index in [0.29, 0.717) is 31.6 Å². The number of aryl methyl sites for hydroxylation is 1. The van der Waals surface area contributed by atoms with Crippen LogP contribution in [-0.4, -0.2) is 39.7 Å². The van der Waals surface area contributed by atoms with Crippen LogP contribution in [0.15, 0.2) is 53.5 Å². The maximum Gasteiger partial charge on any atom is 0.254 e. The Bertz CT molecular complexity index is 792. The largest absolute Gasteiger partial charge is 0.392 e. The molecule has 1 aliphatic rings. The van der Waals surface area contributed by atoms with Crippen molar-refractivity contribution in [2.45, 2.75) is 38.8 Å². The monoisotopic (exact) mass is 354 g/mol. The van der Waals surface area contributed by atoms with E-state index in [2.05, 4.69) is 0 Å². The number of likely N-dealkylation sites (tertiary alicyclic amines) is 1. The van der Waals surface area contributed by atoms with Gasteiger partial charge in [0, 0.05) is 37.5 Å². The van der Waals surface area contributed by atoms with Gasteiger partial charge in [0.05, 0.1) is 6.10 Å². The summed E-state index contributed by atoms with van der Waals surface area (Å²) in [5.41, 5.74) is 1.43. The first-order chi connectivity index (χ1) is 12.6. The molecule has 1 amide bonds. The molecule has 5 heteroatoms.